The molecule has 0 radical (unpaired) electrons. The highest BCUT2D eigenvalue weighted by Crippen LogP contribution is 2.30. The monoisotopic (exact) mass is 348 g/mol. The second-order valence-corrected chi connectivity index (χ2v) is 6.39. The molecule has 0 bridgehead atoms. The molecule has 1 saturated carbocycles. The fourth-order valence-electron chi connectivity index (χ4n) is 2.47. The van der Waals surface area contributed by atoms with Crippen LogP contribution in [0.2, 0.25) is 0 Å². The van der Waals surface area contributed by atoms with Gasteiger partial charge in [0, 0.05) is 23.0 Å². The van der Waals surface area contributed by atoms with Crippen molar-refractivity contribution < 1.29 is 9.59 Å². The normalized spacial score (nSPS) is 14.0. The van der Waals surface area contributed by atoms with E-state index in [-0.39, 0.29) is 17.7 Å². The van der Waals surface area contributed by atoms with Gasteiger partial charge in [0.05, 0.1) is 11.6 Å². The van der Waals surface area contributed by atoms with Crippen molar-refractivity contribution in [3.63, 3.8) is 0 Å². The molecule has 2 aromatic rings. The van der Waals surface area contributed by atoms with Gasteiger partial charge in [0.25, 0.3) is 0 Å². The zero-order chi connectivity index (χ0) is 18.5. The lowest BCUT2D eigenvalue weighted by Gasteiger charge is -2.16. The maximum Gasteiger partial charge on any atom is 0.246 e. The van der Waals surface area contributed by atoms with Gasteiger partial charge in [-0.25, -0.2) is 0 Å². The molecule has 0 unspecified atom stereocenters. The van der Waals surface area contributed by atoms with Crippen molar-refractivity contribution in [3.05, 3.63) is 54.1 Å². The van der Waals surface area contributed by atoms with Crippen molar-refractivity contribution in [1.29, 1.82) is 5.26 Å². The summed E-state index contributed by atoms with van der Waals surface area (Å²) in [5.41, 5.74) is 2.61. The summed E-state index contributed by atoms with van der Waals surface area (Å²) in [5, 5.41) is 17.7. The fraction of sp³-hybridized carbons (Fsp3) is 0.250. The number of benzene rings is 2. The van der Waals surface area contributed by atoms with Crippen molar-refractivity contribution in [2.75, 3.05) is 16.0 Å². The lowest BCUT2D eigenvalue weighted by atomic mass is 10.2. The highest BCUT2D eigenvalue weighted by atomic mass is 16.2. The van der Waals surface area contributed by atoms with Gasteiger partial charge in [0.1, 0.15) is 6.04 Å². The summed E-state index contributed by atoms with van der Waals surface area (Å²) >= 11 is 0. The van der Waals surface area contributed by atoms with E-state index < -0.39 is 6.04 Å². The zero-order valence-corrected chi connectivity index (χ0v) is 14.5. The third kappa shape index (κ3) is 4.61. The van der Waals surface area contributed by atoms with Gasteiger partial charge in [0.15, 0.2) is 0 Å². The molecule has 26 heavy (non-hydrogen) atoms. The molecule has 1 atom stereocenters. The van der Waals surface area contributed by atoms with E-state index in [2.05, 4.69) is 16.0 Å². The topological polar surface area (TPSA) is 94.0 Å². The van der Waals surface area contributed by atoms with Crippen molar-refractivity contribution in [2.45, 2.75) is 25.8 Å². The van der Waals surface area contributed by atoms with Gasteiger partial charge in [-0.1, -0.05) is 6.07 Å². The van der Waals surface area contributed by atoms with Crippen LogP contribution in [0.4, 0.5) is 17.1 Å². The van der Waals surface area contributed by atoms with E-state index in [9.17, 15) is 9.59 Å². The molecule has 0 aliphatic heterocycles. The number of amides is 2. The summed E-state index contributed by atoms with van der Waals surface area (Å²) in [4.78, 5) is 24.0. The molecule has 132 valence electrons. The molecule has 0 spiro atoms. The van der Waals surface area contributed by atoms with Crippen LogP contribution in [0.25, 0.3) is 0 Å². The predicted molar refractivity (Wildman–Crippen MR) is 101 cm³/mol. The van der Waals surface area contributed by atoms with E-state index in [0.717, 1.165) is 24.2 Å². The van der Waals surface area contributed by atoms with Crippen molar-refractivity contribution in [3.8, 4) is 6.07 Å². The Morgan fingerprint density at radius 3 is 2.38 bits per heavy atom. The summed E-state index contributed by atoms with van der Waals surface area (Å²) in [6.45, 7) is 1.76. The minimum atomic E-state index is -0.465. The first kappa shape index (κ1) is 17.5. The van der Waals surface area contributed by atoms with Gasteiger partial charge in [-0.3, -0.25) is 9.59 Å². The lowest BCUT2D eigenvalue weighted by Crippen LogP contribution is -2.31. The molecule has 1 fully saturated rings. The summed E-state index contributed by atoms with van der Waals surface area (Å²) in [6.07, 6.45) is 1.94. The van der Waals surface area contributed by atoms with Crippen LogP contribution in [-0.4, -0.2) is 17.9 Å². The van der Waals surface area contributed by atoms with Gasteiger partial charge in [-0.15, -0.1) is 0 Å². The molecule has 0 saturated heterocycles. The molecule has 6 heteroatoms. The van der Waals surface area contributed by atoms with Crippen LogP contribution in [-0.2, 0) is 9.59 Å². The van der Waals surface area contributed by atoms with E-state index >= 15 is 0 Å². The largest absolute Gasteiger partial charge is 0.374 e. The number of carbonyl (C=O) groups excluding carboxylic acids is 2. The molecular weight excluding hydrogens is 328 g/mol. The molecule has 2 aromatic carbocycles. The Morgan fingerprint density at radius 1 is 1.04 bits per heavy atom. The van der Waals surface area contributed by atoms with Gasteiger partial charge in [-0.05, 0) is 62.2 Å². The average Bonchev–Trinajstić information content (AvgIpc) is 3.48. The third-order valence-electron chi connectivity index (χ3n) is 4.14. The van der Waals surface area contributed by atoms with Gasteiger partial charge >= 0.3 is 0 Å². The Hall–Kier alpha value is -3.33. The highest BCUT2D eigenvalue weighted by molar-refractivity contribution is 5.96. The van der Waals surface area contributed by atoms with Crippen LogP contribution in [0.1, 0.15) is 25.3 Å². The Morgan fingerprint density at radius 2 is 1.73 bits per heavy atom. The number of nitriles is 1. The third-order valence-corrected chi connectivity index (χ3v) is 4.14. The first-order valence-corrected chi connectivity index (χ1v) is 8.53. The van der Waals surface area contributed by atoms with Crippen LogP contribution in [0.15, 0.2) is 48.5 Å². The van der Waals surface area contributed by atoms with Gasteiger partial charge in [-0.2, -0.15) is 5.26 Å². The highest BCUT2D eigenvalue weighted by Gasteiger charge is 2.29. The Kier molecular flexibility index (Phi) is 5.18. The molecule has 6 nitrogen and oxygen atoms in total. The summed E-state index contributed by atoms with van der Waals surface area (Å²) in [5.74, 6) is 0.0281. The molecule has 3 N–H and O–H groups in total. The Labute approximate surface area is 152 Å². The minimum absolute atomic E-state index is 0.0676. The van der Waals surface area contributed by atoms with Crippen LogP contribution in [0, 0.1) is 17.2 Å². The number of nitrogens with one attached hydrogen (secondary N) is 3. The zero-order valence-electron chi connectivity index (χ0n) is 14.5. The van der Waals surface area contributed by atoms with Crippen LogP contribution >= 0.6 is 0 Å². The van der Waals surface area contributed by atoms with E-state index in [4.69, 9.17) is 5.26 Å². The van der Waals surface area contributed by atoms with Gasteiger partial charge < -0.3 is 16.0 Å². The molecule has 3 rings (SSSR count). The minimum Gasteiger partial charge on any atom is -0.374 e. The first-order valence-electron chi connectivity index (χ1n) is 8.53. The molecule has 0 aromatic heterocycles. The van der Waals surface area contributed by atoms with E-state index in [1.54, 1.807) is 31.2 Å². The number of hydrogen-bond donors (Lipinski definition) is 3. The lowest BCUT2D eigenvalue weighted by molar-refractivity contribution is -0.117. The van der Waals surface area contributed by atoms with E-state index in [1.165, 1.54) is 0 Å². The van der Waals surface area contributed by atoms with Crippen LogP contribution in [0.3, 0.4) is 0 Å². The number of rotatable bonds is 6. The maximum absolute atomic E-state index is 12.3. The van der Waals surface area contributed by atoms with Crippen molar-refractivity contribution >= 4 is 28.9 Å². The fourth-order valence-corrected chi connectivity index (χ4v) is 2.47. The predicted octanol–water partition coefficient (Wildman–Crippen LogP) is 3.35. The second-order valence-electron chi connectivity index (χ2n) is 6.39. The first-order chi connectivity index (χ1) is 12.5. The Balaban J connectivity index is 1.54. The van der Waals surface area contributed by atoms with Gasteiger partial charge in [0.2, 0.25) is 11.8 Å². The number of anilines is 3. The number of nitrogens with zero attached hydrogens (tertiary/aromatic N) is 1. The quantitative estimate of drug-likeness (QED) is 0.746. The smallest absolute Gasteiger partial charge is 0.246 e. The SMILES string of the molecule is C[C@@H](Nc1ccc(NC(=O)C2CC2)cc1)C(=O)Nc1cccc(C#N)c1. The molecule has 1 aliphatic rings. The number of carbonyl (C=O) groups is 2. The van der Waals surface area contributed by atoms with Crippen LogP contribution < -0.4 is 16.0 Å². The average molecular weight is 348 g/mol. The summed E-state index contributed by atoms with van der Waals surface area (Å²) < 4.78 is 0. The van der Waals surface area contributed by atoms with E-state index in [0.29, 0.717) is 11.3 Å². The molecule has 2 amide bonds. The standard InChI is InChI=1S/C20H20N4O2/c1-13(19(25)24-18-4-2-3-14(11-18)12-21)22-16-7-9-17(10-8-16)23-20(26)15-5-6-15/h2-4,7-11,13,15,22H,5-6H2,1H3,(H,23,26)(H,24,25)/t13-/m1/s1. The molecule has 0 heterocycles. The van der Waals surface area contributed by atoms with Crippen LogP contribution in [0.5, 0.6) is 0 Å². The van der Waals surface area contributed by atoms with Crippen molar-refractivity contribution in [2.24, 2.45) is 5.92 Å². The maximum atomic E-state index is 12.3. The molecule has 1 aliphatic carbocycles. The second kappa shape index (κ2) is 7.70. The van der Waals surface area contributed by atoms with Crippen molar-refractivity contribution in [1.82, 2.24) is 0 Å². The molecular formula is C20H20N4O2. The summed E-state index contributed by atoms with van der Waals surface area (Å²) in [6, 6.07) is 15.6. The number of hydrogen-bond acceptors (Lipinski definition) is 4. The summed E-state index contributed by atoms with van der Waals surface area (Å²) in [7, 11) is 0. The van der Waals surface area contributed by atoms with E-state index in [1.807, 2.05) is 30.3 Å². The Bertz CT molecular complexity index is 851.